The molecule has 0 aromatic carbocycles. The van der Waals surface area contributed by atoms with Crippen LogP contribution in [-0.4, -0.2) is 11.6 Å². The van der Waals surface area contributed by atoms with Crippen LogP contribution in [0.4, 0.5) is 0 Å². The molecule has 1 aliphatic rings. The highest BCUT2D eigenvalue weighted by Crippen LogP contribution is 2.13. The van der Waals surface area contributed by atoms with Crippen LogP contribution in [0, 0.1) is 0 Å². The van der Waals surface area contributed by atoms with Crippen LogP contribution in [0.5, 0.6) is 0 Å². The number of hydrogen-bond donors (Lipinski definition) is 0. The molecule has 0 atom stereocenters. The minimum absolute atomic E-state index is 0.0892. The van der Waals surface area contributed by atoms with Gasteiger partial charge in [-0.25, -0.2) is 4.99 Å². The van der Waals surface area contributed by atoms with Crippen LogP contribution in [0.2, 0.25) is 0 Å². The lowest BCUT2D eigenvalue weighted by Gasteiger charge is -1.96. The Morgan fingerprint density at radius 3 is 2.50 bits per heavy atom. The van der Waals surface area contributed by atoms with E-state index >= 15 is 0 Å². The summed E-state index contributed by atoms with van der Waals surface area (Å²) in [6, 6.07) is 0. The van der Waals surface area contributed by atoms with E-state index in [-0.39, 0.29) is 5.91 Å². The molecule has 0 N–H and O–H groups in total. The quantitative estimate of drug-likeness (QED) is 0.569. The molecule has 0 radical (unpaired) electrons. The van der Waals surface area contributed by atoms with E-state index in [1.807, 2.05) is 13.8 Å². The van der Waals surface area contributed by atoms with Crippen LogP contribution in [0.1, 0.15) is 26.7 Å². The molecule has 1 heterocycles. The van der Waals surface area contributed by atoms with Gasteiger partial charge in [0, 0.05) is 11.8 Å². The van der Waals surface area contributed by atoms with E-state index in [1.54, 1.807) is 6.08 Å². The number of carbonyl (C=O) groups excluding carboxylic acids is 1. The standard InChI is InChI=1S/C8H11NO/c1-3-6-5-8(10)9-7(6)4-2/h5H,3-4H2,1-2H3. The fourth-order valence-electron chi connectivity index (χ4n) is 1.08. The van der Waals surface area contributed by atoms with Gasteiger partial charge in [0.1, 0.15) is 0 Å². The Kier molecular flexibility index (Phi) is 2.00. The second-order valence-corrected chi connectivity index (χ2v) is 2.27. The molecule has 0 aromatic heterocycles. The van der Waals surface area contributed by atoms with Crippen molar-refractivity contribution in [2.75, 3.05) is 0 Å². The molecule has 1 aliphatic heterocycles. The van der Waals surface area contributed by atoms with E-state index in [0.29, 0.717) is 0 Å². The first-order valence-corrected chi connectivity index (χ1v) is 3.60. The molecule has 54 valence electrons. The van der Waals surface area contributed by atoms with E-state index in [1.165, 1.54) is 0 Å². The summed E-state index contributed by atoms with van der Waals surface area (Å²) in [4.78, 5) is 14.6. The number of hydrogen-bond acceptors (Lipinski definition) is 1. The fourth-order valence-corrected chi connectivity index (χ4v) is 1.08. The lowest BCUT2D eigenvalue weighted by molar-refractivity contribution is -0.113. The summed E-state index contributed by atoms with van der Waals surface area (Å²) in [6.07, 6.45) is 3.41. The van der Waals surface area contributed by atoms with E-state index in [0.717, 1.165) is 24.1 Å². The number of amides is 1. The van der Waals surface area contributed by atoms with Crippen molar-refractivity contribution >= 4 is 11.6 Å². The summed E-state index contributed by atoms with van der Waals surface area (Å²) < 4.78 is 0. The first-order chi connectivity index (χ1) is 4.77. The highest BCUT2D eigenvalue weighted by atomic mass is 16.1. The Hall–Kier alpha value is -0.920. The molecular formula is C8H11NO. The zero-order valence-electron chi connectivity index (χ0n) is 6.35. The van der Waals surface area contributed by atoms with Gasteiger partial charge in [-0.15, -0.1) is 0 Å². The topological polar surface area (TPSA) is 29.4 Å². The maximum Gasteiger partial charge on any atom is 0.270 e. The van der Waals surface area contributed by atoms with Crippen molar-refractivity contribution in [2.45, 2.75) is 26.7 Å². The van der Waals surface area contributed by atoms with Crippen LogP contribution < -0.4 is 0 Å². The minimum Gasteiger partial charge on any atom is -0.267 e. The van der Waals surface area contributed by atoms with Crippen LogP contribution in [0.3, 0.4) is 0 Å². The largest absolute Gasteiger partial charge is 0.270 e. The molecule has 0 aromatic rings. The van der Waals surface area contributed by atoms with Gasteiger partial charge in [0.2, 0.25) is 0 Å². The van der Waals surface area contributed by atoms with Gasteiger partial charge in [-0.05, 0) is 18.4 Å². The van der Waals surface area contributed by atoms with Crippen molar-refractivity contribution in [3.8, 4) is 0 Å². The van der Waals surface area contributed by atoms with Gasteiger partial charge in [-0.3, -0.25) is 4.79 Å². The molecule has 0 saturated carbocycles. The van der Waals surface area contributed by atoms with Crippen molar-refractivity contribution in [1.82, 2.24) is 0 Å². The summed E-state index contributed by atoms with van der Waals surface area (Å²) in [7, 11) is 0. The zero-order valence-corrected chi connectivity index (χ0v) is 6.35. The highest BCUT2D eigenvalue weighted by molar-refractivity contribution is 6.16. The van der Waals surface area contributed by atoms with Gasteiger partial charge in [0.25, 0.3) is 5.91 Å². The van der Waals surface area contributed by atoms with Crippen LogP contribution in [0.15, 0.2) is 16.6 Å². The molecule has 2 nitrogen and oxygen atoms in total. The van der Waals surface area contributed by atoms with Crippen LogP contribution in [-0.2, 0) is 4.79 Å². The van der Waals surface area contributed by atoms with Gasteiger partial charge >= 0.3 is 0 Å². The van der Waals surface area contributed by atoms with E-state index in [4.69, 9.17) is 0 Å². The number of allylic oxidation sites excluding steroid dienone is 1. The zero-order chi connectivity index (χ0) is 7.56. The summed E-state index contributed by atoms with van der Waals surface area (Å²) in [6.45, 7) is 4.05. The summed E-state index contributed by atoms with van der Waals surface area (Å²) >= 11 is 0. The Morgan fingerprint density at radius 2 is 2.10 bits per heavy atom. The maximum absolute atomic E-state index is 10.7. The van der Waals surface area contributed by atoms with E-state index in [2.05, 4.69) is 4.99 Å². The number of nitrogens with zero attached hydrogens (tertiary/aromatic N) is 1. The summed E-state index contributed by atoms with van der Waals surface area (Å²) in [5, 5.41) is 0. The molecule has 10 heavy (non-hydrogen) atoms. The Morgan fingerprint density at radius 1 is 1.40 bits per heavy atom. The molecule has 0 spiro atoms. The first-order valence-electron chi connectivity index (χ1n) is 3.60. The SMILES string of the molecule is CCC1=CC(=O)N=C1CC. The number of carbonyl (C=O) groups is 1. The third-order valence-electron chi connectivity index (χ3n) is 1.63. The molecule has 1 amide bonds. The molecule has 2 heteroatoms. The predicted molar refractivity (Wildman–Crippen MR) is 41.1 cm³/mol. The Labute approximate surface area is 60.7 Å². The second kappa shape index (κ2) is 2.78. The Balaban J connectivity index is 2.83. The predicted octanol–water partition coefficient (Wildman–Crippen LogP) is 1.71. The average molecular weight is 137 g/mol. The van der Waals surface area contributed by atoms with Gasteiger partial charge < -0.3 is 0 Å². The smallest absolute Gasteiger partial charge is 0.267 e. The maximum atomic E-state index is 10.7. The van der Waals surface area contributed by atoms with Crippen molar-refractivity contribution in [3.63, 3.8) is 0 Å². The molecule has 0 fully saturated rings. The van der Waals surface area contributed by atoms with Gasteiger partial charge in [-0.2, -0.15) is 0 Å². The summed E-state index contributed by atoms with van der Waals surface area (Å²) in [5.74, 6) is -0.0892. The monoisotopic (exact) mass is 137 g/mol. The Bertz CT molecular complexity index is 191. The van der Waals surface area contributed by atoms with Crippen molar-refractivity contribution < 1.29 is 4.79 Å². The van der Waals surface area contributed by atoms with Crippen molar-refractivity contribution in [1.29, 1.82) is 0 Å². The van der Waals surface area contributed by atoms with E-state index < -0.39 is 0 Å². The minimum atomic E-state index is -0.0892. The third-order valence-corrected chi connectivity index (χ3v) is 1.63. The molecule has 0 bridgehead atoms. The number of aliphatic imine (C=N–C) groups is 1. The molecule has 0 saturated heterocycles. The molecule has 0 aliphatic carbocycles. The lowest BCUT2D eigenvalue weighted by Crippen LogP contribution is -1.95. The fraction of sp³-hybridized carbons (Fsp3) is 0.500. The molecule has 1 rings (SSSR count). The van der Waals surface area contributed by atoms with Crippen molar-refractivity contribution in [2.24, 2.45) is 4.99 Å². The average Bonchev–Trinajstić information content (AvgIpc) is 2.30. The highest BCUT2D eigenvalue weighted by Gasteiger charge is 2.12. The first kappa shape index (κ1) is 7.19. The lowest BCUT2D eigenvalue weighted by atomic mass is 10.1. The normalized spacial score (nSPS) is 17.2. The summed E-state index contributed by atoms with van der Waals surface area (Å²) in [5.41, 5.74) is 2.07. The number of rotatable bonds is 2. The molecule has 0 unspecified atom stereocenters. The van der Waals surface area contributed by atoms with Gasteiger partial charge in [-0.1, -0.05) is 13.8 Å². The third kappa shape index (κ3) is 1.15. The molecular weight excluding hydrogens is 126 g/mol. The van der Waals surface area contributed by atoms with Crippen LogP contribution >= 0.6 is 0 Å². The van der Waals surface area contributed by atoms with Crippen molar-refractivity contribution in [3.05, 3.63) is 11.6 Å². The van der Waals surface area contributed by atoms with Gasteiger partial charge in [0.15, 0.2) is 0 Å². The van der Waals surface area contributed by atoms with Crippen LogP contribution in [0.25, 0.3) is 0 Å². The van der Waals surface area contributed by atoms with Gasteiger partial charge in [0.05, 0.1) is 0 Å². The van der Waals surface area contributed by atoms with E-state index in [9.17, 15) is 4.79 Å². The second-order valence-electron chi connectivity index (χ2n) is 2.27.